The molecule has 0 aliphatic carbocycles. The molecule has 2 aromatic rings. The van der Waals surface area contributed by atoms with Crippen molar-refractivity contribution in [3.05, 3.63) is 36.9 Å². The smallest absolute Gasteiger partial charge is 0.191 e. The van der Waals surface area contributed by atoms with Gasteiger partial charge in [0.2, 0.25) is 0 Å². The van der Waals surface area contributed by atoms with Crippen molar-refractivity contribution in [2.45, 2.75) is 33.7 Å². The minimum atomic E-state index is 0.611. The quantitative estimate of drug-likeness (QED) is 0.611. The zero-order valence-electron chi connectivity index (χ0n) is 13.1. The summed E-state index contributed by atoms with van der Waals surface area (Å²) >= 11 is 9.28. The fourth-order valence-corrected chi connectivity index (χ4v) is 3.83. The summed E-state index contributed by atoms with van der Waals surface area (Å²) in [5.74, 6) is 0.829. The molecule has 2 heterocycles. The van der Waals surface area contributed by atoms with Gasteiger partial charge in [-0.15, -0.1) is 22.7 Å². The summed E-state index contributed by atoms with van der Waals surface area (Å²) in [5, 5.41) is 7.66. The zero-order chi connectivity index (χ0) is 15.9. The first-order chi connectivity index (χ1) is 10.6. The van der Waals surface area contributed by atoms with Crippen molar-refractivity contribution >= 4 is 40.2 Å². The first-order valence-electron chi connectivity index (χ1n) is 7.27. The fraction of sp³-hybridized carbons (Fsp3) is 0.467. The normalized spacial score (nSPS) is 11.7. The van der Waals surface area contributed by atoms with E-state index >= 15 is 0 Å². The Labute approximate surface area is 144 Å². The van der Waals surface area contributed by atoms with Crippen LogP contribution in [-0.4, -0.2) is 24.0 Å². The van der Waals surface area contributed by atoms with Gasteiger partial charge in [-0.1, -0.05) is 11.6 Å². The summed E-state index contributed by atoms with van der Waals surface area (Å²) in [7, 11) is 0. The highest BCUT2D eigenvalue weighted by atomic mass is 35.5. The lowest BCUT2D eigenvalue weighted by Crippen LogP contribution is -2.38. The van der Waals surface area contributed by atoms with Crippen LogP contribution in [0.3, 0.4) is 0 Å². The van der Waals surface area contributed by atoms with Gasteiger partial charge in [0.05, 0.1) is 16.6 Å². The number of thiazole rings is 1. The number of rotatable bonds is 6. The molecule has 0 saturated heterocycles. The van der Waals surface area contributed by atoms with E-state index in [0.717, 1.165) is 40.5 Å². The Morgan fingerprint density at radius 3 is 2.68 bits per heavy atom. The van der Waals surface area contributed by atoms with Gasteiger partial charge in [-0.3, -0.25) is 0 Å². The lowest BCUT2D eigenvalue weighted by Gasteiger charge is -2.10. The number of nitrogens with one attached hydrogen (secondary N) is 2. The zero-order valence-corrected chi connectivity index (χ0v) is 15.5. The third kappa shape index (κ3) is 5.26. The Morgan fingerprint density at radius 1 is 1.27 bits per heavy atom. The molecule has 7 heteroatoms. The van der Waals surface area contributed by atoms with E-state index in [2.05, 4.69) is 40.5 Å². The predicted octanol–water partition coefficient (Wildman–Crippen LogP) is 3.77. The maximum atomic E-state index is 5.94. The Bertz CT molecular complexity index is 614. The molecule has 0 atom stereocenters. The van der Waals surface area contributed by atoms with E-state index in [1.54, 1.807) is 22.7 Å². The predicted molar refractivity (Wildman–Crippen MR) is 97.4 cm³/mol. The van der Waals surface area contributed by atoms with Gasteiger partial charge in [-0.2, -0.15) is 0 Å². The number of aromatic nitrogens is 1. The summed E-state index contributed by atoms with van der Waals surface area (Å²) in [4.78, 5) is 11.6. The van der Waals surface area contributed by atoms with E-state index in [1.807, 2.05) is 13.0 Å². The maximum Gasteiger partial charge on any atom is 0.191 e. The van der Waals surface area contributed by atoms with Crippen LogP contribution in [0.15, 0.2) is 17.1 Å². The summed E-state index contributed by atoms with van der Waals surface area (Å²) in [6.45, 7) is 8.48. The number of aliphatic imine (C=N–C) groups is 1. The second-order valence-electron chi connectivity index (χ2n) is 4.83. The van der Waals surface area contributed by atoms with Crippen molar-refractivity contribution in [2.75, 3.05) is 13.1 Å². The summed E-state index contributed by atoms with van der Waals surface area (Å²) in [6, 6.07) is 4.01. The summed E-state index contributed by atoms with van der Waals surface area (Å²) < 4.78 is 0.838. The van der Waals surface area contributed by atoms with Gasteiger partial charge in [0.1, 0.15) is 5.01 Å². The van der Waals surface area contributed by atoms with E-state index in [1.165, 1.54) is 9.75 Å². The number of hydrogen-bond acceptors (Lipinski definition) is 4. The van der Waals surface area contributed by atoms with Crippen LogP contribution in [0, 0.1) is 13.8 Å². The first kappa shape index (κ1) is 17.2. The molecule has 2 rings (SSSR count). The highest BCUT2D eigenvalue weighted by Gasteiger charge is 2.04. The Kier molecular flexibility index (Phi) is 6.67. The van der Waals surface area contributed by atoms with Crippen molar-refractivity contribution in [1.29, 1.82) is 0 Å². The van der Waals surface area contributed by atoms with Crippen LogP contribution in [0.2, 0.25) is 4.34 Å². The monoisotopic (exact) mass is 356 g/mol. The van der Waals surface area contributed by atoms with Crippen LogP contribution >= 0.6 is 34.3 Å². The summed E-state index contributed by atoms with van der Waals surface area (Å²) in [5.41, 5.74) is 1.10. The number of nitrogens with zero attached hydrogens (tertiary/aromatic N) is 2. The average molecular weight is 357 g/mol. The molecule has 2 aromatic heterocycles. The van der Waals surface area contributed by atoms with Gasteiger partial charge in [-0.25, -0.2) is 9.98 Å². The van der Waals surface area contributed by atoms with Gasteiger partial charge in [0.15, 0.2) is 5.96 Å². The molecule has 120 valence electrons. The largest absolute Gasteiger partial charge is 0.357 e. The van der Waals surface area contributed by atoms with Crippen molar-refractivity contribution in [3.63, 3.8) is 0 Å². The topological polar surface area (TPSA) is 49.3 Å². The van der Waals surface area contributed by atoms with Crippen LogP contribution in [0.1, 0.15) is 27.4 Å². The molecule has 0 unspecified atom stereocenters. The average Bonchev–Trinajstić information content (AvgIpc) is 3.03. The molecule has 0 amide bonds. The molecule has 0 aromatic carbocycles. The first-order valence-corrected chi connectivity index (χ1v) is 9.29. The Hall–Kier alpha value is -1.11. The molecule has 0 aliphatic rings. The molecular formula is C15H21ClN4S2. The molecule has 4 nitrogen and oxygen atoms in total. The van der Waals surface area contributed by atoms with Gasteiger partial charge >= 0.3 is 0 Å². The fourth-order valence-electron chi connectivity index (χ4n) is 1.89. The molecule has 0 saturated carbocycles. The minimum Gasteiger partial charge on any atom is -0.357 e. The third-order valence-corrected chi connectivity index (χ3v) is 5.43. The van der Waals surface area contributed by atoms with Crippen LogP contribution in [0.5, 0.6) is 0 Å². The Morgan fingerprint density at radius 2 is 2.09 bits per heavy atom. The molecule has 0 aliphatic heterocycles. The van der Waals surface area contributed by atoms with E-state index in [0.29, 0.717) is 6.54 Å². The molecular weight excluding hydrogens is 336 g/mol. The maximum absolute atomic E-state index is 5.94. The highest BCUT2D eigenvalue weighted by molar-refractivity contribution is 7.16. The number of halogens is 1. The highest BCUT2D eigenvalue weighted by Crippen LogP contribution is 2.21. The van der Waals surface area contributed by atoms with Crippen molar-refractivity contribution in [1.82, 2.24) is 15.6 Å². The van der Waals surface area contributed by atoms with Crippen molar-refractivity contribution in [3.8, 4) is 0 Å². The van der Waals surface area contributed by atoms with Crippen molar-refractivity contribution in [2.24, 2.45) is 4.99 Å². The van der Waals surface area contributed by atoms with E-state index in [9.17, 15) is 0 Å². The standard InChI is InChI=1S/C15H21ClN4S2/c1-4-17-15(18-8-7-12-5-6-13(16)22-12)19-9-14-20-10(2)11(3)21-14/h5-6H,4,7-9H2,1-3H3,(H2,17,18,19). The molecule has 0 fully saturated rings. The van der Waals surface area contributed by atoms with Crippen LogP contribution in [0.25, 0.3) is 0 Å². The number of thiophene rings is 1. The van der Waals surface area contributed by atoms with E-state index in [-0.39, 0.29) is 0 Å². The number of guanidine groups is 1. The van der Waals surface area contributed by atoms with Gasteiger partial charge in [0, 0.05) is 22.8 Å². The molecule has 2 N–H and O–H groups in total. The van der Waals surface area contributed by atoms with Crippen molar-refractivity contribution < 1.29 is 0 Å². The second kappa shape index (κ2) is 8.50. The van der Waals surface area contributed by atoms with Gasteiger partial charge < -0.3 is 10.6 Å². The lowest BCUT2D eigenvalue weighted by molar-refractivity contribution is 0.803. The lowest BCUT2D eigenvalue weighted by atomic mass is 10.3. The summed E-state index contributed by atoms with van der Waals surface area (Å²) in [6.07, 6.45) is 0.942. The van der Waals surface area contributed by atoms with Gasteiger partial charge in [-0.05, 0) is 39.3 Å². The third-order valence-electron chi connectivity index (χ3n) is 3.08. The Balaban J connectivity index is 1.86. The van der Waals surface area contributed by atoms with Crippen LogP contribution in [0.4, 0.5) is 0 Å². The number of aryl methyl sites for hydroxylation is 2. The second-order valence-corrected chi connectivity index (χ2v) is 7.91. The molecule has 22 heavy (non-hydrogen) atoms. The van der Waals surface area contributed by atoms with E-state index in [4.69, 9.17) is 11.6 Å². The van der Waals surface area contributed by atoms with Gasteiger partial charge in [0.25, 0.3) is 0 Å². The van der Waals surface area contributed by atoms with Crippen LogP contribution in [-0.2, 0) is 13.0 Å². The van der Waals surface area contributed by atoms with E-state index < -0.39 is 0 Å². The van der Waals surface area contributed by atoms with Crippen LogP contribution < -0.4 is 10.6 Å². The minimum absolute atomic E-state index is 0.611. The molecule has 0 bridgehead atoms. The molecule has 0 radical (unpaired) electrons. The number of hydrogen-bond donors (Lipinski definition) is 2. The SMILES string of the molecule is CCNC(=NCc1nc(C)c(C)s1)NCCc1ccc(Cl)s1. The molecule has 0 spiro atoms.